The van der Waals surface area contributed by atoms with Gasteiger partial charge in [0, 0.05) is 18.9 Å². The molecule has 14 heavy (non-hydrogen) atoms. The summed E-state index contributed by atoms with van der Waals surface area (Å²) in [7, 11) is 4.20. The second kappa shape index (κ2) is 6.56. The molecular weight excluding hydrogens is 176 g/mol. The Morgan fingerprint density at radius 3 is 2.86 bits per heavy atom. The van der Waals surface area contributed by atoms with Gasteiger partial charge in [0.25, 0.3) is 0 Å². The molecule has 1 aromatic heterocycles. The fraction of sp³-hybridized carbons (Fsp3) is 0.700. The summed E-state index contributed by atoms with van der Waals surface area (Å²) in [6.45, 7) is 4.18. The summed E-state index contributed by atoms with van der Waals surface area (Å²) in [6.07, 6.45) is 5.00. The van der Waals surface area contributed by atoms with E-state index in [9.17, 15) is 0 Å². The molecule has 1 heterocycles. The third-order valence-corrected chi connectivity index (χ3v) is 2.04. The van der Waals surface area contributed by atoms with E-state index < -0.39 is 0 Å². The Balaban J connectivity index is 1.90. The standard InChI is InChI=1S/C10H20N4/c1-13(2)8-3-5-11-7-10-14-9-4-6-12-14/h4,6,9,11H,3,5,7-8,10H2,1-2H3. The molecule has 0 saturated carbocycles. The Hall–Kier alpha value is -0.870. The van der Waals surface area contributed by atoms with Crippen molar-refractivity contribution in [2.45, 2.75) is 13.0 Å². The maximum absolute atomic E-state index is 4.13. The molecule has 0 unspecified atom stereocenters. The molecule has 1 N–H and O–H groups in total. The highest BCUT2D eigenvalue weighted by atomic mass is 15.3. The summed E-state index contributed by atoms with van der Waals surface area (Å²) in [5.41, 5.74) is 0. The maximum Gasteiger partial charge on any atom is 0.0533 e. The van der Waals surface area contributed by atoms with Crippen molar-refractivity contribution in [3.05, 3.63) is 18.5 Å². The molecular formula is C10H20N4. The minimum Gasteiger partial charge on any atom is -0.315 e. The summed E-state index contributed by atoms with van der Waals surface area (Å²) in [6, 6.07) is 1.95. The topological polar surface area (TPSA) is 33.1 Å². The summed E-state index contributed by atoms with van der Waals surface area (Å²) < 4.78 is 1.94. The van der Waals surface area contributed by atoms with E-state index in [-0.39, 0.29) is 0 Å². The summed E-state index contributed by atoms with van der Waals surface area (Å²) in [4.78, 5) is 2.20. The zero-order chi connectivity index (χ0) is 10.2. The van der Waals surface area contributed by atoms with Crippen LogP contribution in [0.3, 0.4) is 0 Å². The molecule has 4 heteroatoms. The van der Waals surface area contributed by atoms with Crippen molar-refractivity contribution >= 4 is 0 Å². The highest BCUT2D eigenvalue weighted by Gasteiger charge is 1.92. The molecule has 0 atom stereocenters. The molecule has 1 rings (SSSR count). The number of nitrogens with zero attached hydrogens (tertiary/aromatic N) is 3. The minimum absolute atomic E-state index is 0.953. The number of hydrogen-bond donors (Lipinski definition) is 1. The number of nitrogens with one attached hydrogen (secondary N) is 1. The first-order valence-corrected chi connectivity index (χ1v) is 5.12. The Bertz CT molecular complexity index is 218. The van der Waals surface area contributed by atoms with Crippen LogP contribution < -0.4 is 5.32 Å². The van der Waals surface area contributed by atoms with Gasteiger partial charge in [-0.1, -0.05) is 0 Å². The van der Waals surface area contributed by atoms with Gasteiger partial charge in [-0.2, -0.15) is 5.10 Å². The number of aromatic nitrogens is 2. The molecule has 4 nitrogen and oxygen atoms in total. The van der Waals surface area contributed by atoms with Gasteiger partial charge < -0.3 is 10.2 Å². The third kappa shape index (κ3) is 4.99. The van der Waals surface area contributed by atoms with Crippen LogP contribution in [0.15, 0.2) is 18.5 Å². The fourth-order valence-corrected chi connectivity index (χ4v) is 1.27. The lowest BCUT2D eigenvalue weighted by molar-refractivity contribution is 0.392. The van der Waals surface area contributed by atoms with Crippen LogP contribution in [-0.2, 0) is 6.54 Å². The summed E-state index contributed by atoms with van der Waals surface area (Å²) in [5, 5.41) is 7.52. The average Bonchev–Trinajstić information content (AvgIpc) is 2.63. The van der Waals surface area contributed by atoms with Crippen molar-refractivity contribution in [3.8, 4) is 0 Å². The molecule has 0 aromatic carbocycles. The van der Waals surface area contributed by atoms with Crippen LogP contribution in [0.5, 0.6) is 0 Å². The average molecular weight is 196 g/mol. The first-order chi connectivity index (χ1) is 6.79. The van der Waals surface area contributed by atoms with Gasteiger partial charge in [0.1, 0.15) is 0 Å². The lowest BCUT2D eigenvalue weighted by Crippen LogP contribution is -2.24. The maximum atomic E-state index is 4.13. The van der Waals surface area contributed by atoms with E-state index in [1.54, 1.807) is 0 Å². The Kier molecular flexibility index (Phi) is 5.25. The van der Waals surface area contributed by atoms with Gasteiger partial charge in [0.05, 0.1) is 6.54 Å². The molecule has 0 aliphatic heterocycles. The Labute approximate surface area is 85.9 Å². The lowest BCUT2D eigenvalue weighted by Gasteiger charge is -2.09. The van der Waals surface area contributed by atoms with Crippen molar-refractivity contribution in [1.29, 1.82) is 0 Å². The van der Waals surface area contributed by atoms with Crippen LogP contribution >= 0.6 is 0 Å². The van der Waals surface area contributed by atoms with Gasteiger partial charge >= 0.3 is 0 Å². The molecule has 0 amide bonds. The second-order valence-corrected chi connectivity index (χ2v) is 3.68. The second-order valence-electron chi connectivity index (χ2n) is 3.68. The van der Waals surface area contributed by atoms with Crippen LogP contribution in [0.2, 0.25) is 0 Å². The Morgan fingerprint density at radius 2 is 2.21 bits per heavy atom. The van der Waals surface area contributed by atoms with Gasteiger partial charge in [-0.15, -0.1) is 0 Å². The molecule has 0 spiro atoms. The van der Waals surface area contributed by atoms with Crippen LogP contribution in [0.4, 0.5) is 0 Å². The smallest absolute Gasteiger partial charge is 0.0533 e. The highest BCUT2D eigenvalue weighted by Crippen LogP contribution is 1.83. The molecule has 0 fully saturated rings. The van der Waals surface area contributed by atoms with Gasteiger partial charge in [-0.3, -0.25) is 4.68 Å². The zero-order valence-electron chi connectivity index (χ0n) is 9.11. The monoisotopic (exact) mass is 196 g/mol. The van der Waals surface area contributed by atoms with Gasteiger partial charge in [0.15, 0.2) is 0 Å². The van der Waals surface area contributed by atoms with E-state index in [0.717, 1.165) is 26.2 Å². The molecule has 0 aliphatic carbocycles. The van der Waals surface area contributed by atoms with Crippen LogP contribution in [0.25, 0.3) is 0 Å². The summed E-state index contributed by atoms with van der Waals surface area (Å²) in [5.74, 6) is 0. The van der Waals surface area contributed by atoms with Crippen LogP contribution in [-0.4, -0.2) is 48.4 Å². The predicted molar refractivity (Wildman–Crippen MR) is 58.3 cm³/mol. The molecule has 0 bridgehead atoms. The molecule has 80 valence electrons. The predicted octanol–water partition coefficient (Wildman–Crippen LogP) is 0.424. The van der Waals surface area contributed by atoms with E-state index in [4.69, 9.17) is 0 Å². The van der Waals surface area contributed by atoms with Gasteiger partial charge in [0.2, 0.25) is 0 Å². The lowest BCUT2D eigenvalue weighted by atomic mass is 10.4. The first-order valence-electron chi connectivity index (χ1n) is 5.12. The molecule has 0 aliphatic rings. The Morgan fingerprint density at radius 1 is 1.36 bits per heavy atom. The normalized spacial score (nSPS) is 11.1. The largest absolute Gasteiger partial charge is 0.315 e. The first kappa shape index (κ1) is 11.2. The zero-order valence-corrected chi connectivity index (χ0v) is 9.11. The van der Waals surface area contributed by atoms with Crippen molar-refractivity contribution in [2.24, 2.45) is 0 Å². The quantitative estimate of drug-likeness (QED) is 0.642. The van der Waals surface area contributed by atoms with Crippen LogP contribution in [0.1, 0.15) is 6.42 Å². The van der Waals surface area contributed by atoms with Crippen molar-refractivity contribution in [3.63, 3.8) is 0 Å². The number of hydrogen-bond acceptors (Lipinski definition) is 3. The van der Waals surface area contributed by atoms with Gasteiger partial charge in [-0.05, 0) is 39.7 Å². The van der Waals surface area contributed by atoms with E-state index >= 15 is 0 Å². The van der Waals surface area contributed by atoms with E-state index in [1.807, 2.05) is 23.1 Å². The van der Waals surface area contributed by atoms with Crippen molar-refractivity contribution < 1.29 is 0 Å². The molecule has 0 radical (unpaired) electrons. The van der Waals surface area contributed by atoms with Gasteiger partial charge in [-0.25, -0.2) is 0 Å². The highest BCUT2D eigenvalue weighted by molar-refractivity contribution is 4.77. The third-order valence-electron chi connectivity index (χ3n) is 2.04. The molecule has 1 aromatic rings. The van der Waals surface area contributed by atoms with Crippen LogP contribution in [0, 0.1) is 0 Å². The van der Waals surface area contributed by atoms with Crippen molar-refractivity contribution in [1.82, 2.24) is 20.0 Å². The van der Waals surface area contributed by atoms with Crippen molar-refractivity contribution in [2.75, 3.05) is 33.7 Å². The van der Waals surface area contributed by atoms with E-state index in [2.05, 4.69) is 29.4 Å². The summed E-state index contributed by atoms with van der Waals surface area (Å²) >= 11 is 0. The minimum atomic E-state index is 0.953. The fourth-order valence-electron chi connectivity index (χ4n) is 1.27. The van der Waals surface area contributed by atoms with E-state index in [0.29, 0.717) is 0 Å². The number of rotatable bonds is 7. The SMILES string of the molecule is CN(C)CCCNCCn1cccn1. The van der Waals surface area contributed by atoms with E-state index in [1.165, 1.54) is 6.42 Å². The molecule has 0 saturated heterocycles.